The molecule has 2 heterocycles. The molecule has 5 rings (SSSR count). The summed E-state index contributed by atoms with van der Waals surface area (Å²) in [7, 11) is 0. The molecule has 0 aliphatic heterocycles. The lowest BCUT2D eigenvalue weighted by molar-refractivity contribution is -0.167. The number of anilines is 2. The Hall–Kier alpha value is -4.65. The second-order valence-corrected chi connectivity index (χ2v) is 9.17. The van der Waals surface area contributed by atoms with Crippen LogP contribution < -0.4 is 15.8 Å². The van der Waals surface area contributed by atoms with Crippen molar-refractivity contribution in [1.29, 1.82) is 0 Å². The van der Waals surface area contributed by atoms with E-state index in [0.29, 0.717) is 18.6 Å². The van der Waals surface area contributed by atoms with Crippen LogP contribution in [0.1, 0.15) is 37.1 Å². The molecular formula is C27H22F5N5O3. The molecule has 0 saturated carbocycles. The number of hydrogen-bond donors (Lipinski definition) is 4. The molecule has 0 radical (unpaired) electrons. The zero-order valence-electron chi connectivity index (χ0n) is 20.8. The van der Waals surface area contributed by atoms with Gasteiger partial charge in [0.1, 0.15) is 23.5 Å². The number of fused-ring (bicyclic) bond motifs is 1. The van der Waals surface area contributed by atoms with E-state index in [1.54, 1.807) is 18.2 Å². The number of carbonyl (C=O) groups excluding carboxylic acids is 1. The third-order valence-corrected chi connectivity index (χ3v) is 6.43. The van der Waals surface area contributed by atoms with Crippen molar-refractivity contribution in [3.05, 3.63) is 89.0 Å². The fraction of sp³-hybridized carbons (Fsp3) is 0.185. The predicted octanol–water partition coefficient (Wildman–Crippen LogP) is 5.80. The number of ether oxygens (including phenoxy) is 1. The highest BCUT2D eigenvalue weighted by Crippen LogP contribution is 2.35. The Balaban J connectivity index is 1.39. The molecule has 4 aromatic rings. The van der Waals surface area contributed by atoms with Crippen molar-refractivity contribution in [2.24, 2.45) is 0 Å². The molecule has 1 atom stereocenters. The number of aliphatic hydroxyl groups is 1. The van der Waals surface area contributed by atoms with E-state index < -0.39 is 35.5 Å². The molecule has 13 heteroatoms. The van der Waals surface area contributed by atoms with Gasteiger partial charge in [-0.2, -0.15) is 18.3 Å². The van der Waals surface area contributed by atoms with Crippen LogP contribution in [0.4, 0.5) is 33.5 Å². The second kappa shape index (κ2) is 10.2. The molecular weight excluding hydrogens is 537 g/mol. The normalized spacial score (nSPS) is 14.8. The van der Waals surface area contributed by atoms with E-state index in [1.807, 2.05) is 6.92 Å². The van der Waals surface area contributed by atoms with E-state index in [4.69, 9.17) is 10.5 Å². The number of alkyl halides is 3. The van der Waals surface area contributed by atoms with Crippen LogP contribution in [0.2, 0.25) is 0 Å². The number of halogens is 5. The summed E-state index contributed by atoms with van der Waals surface area (Å²) in [4.78, 5) is 14.0. The average molecular weight is 559 g/mol. The fourth-order valence-corrected chi connectivity index (χ4v) is 4.43. The number of para-hydroxylation sites is 1. The zero-order chi connectivity index (χ0) is 28.8. The molecule has 208 valence electrons. The largest absolute Gasteiger partial charge is 0.471 e. The van der Waals surface area contributed by atoms with E-state index in [1.165, 1.54) is 34.4 Å². The SMILES string of the molecule is CC1=C(n2ncc([C@H](O)c3cc4cc(F)c(NC(=O)C(F)(F)F)cc4[nH]3)c2N)CCC(Oc2ccccc2F)=C1. The fourth-order valence-electron chi connectivity index (χ4n) is 4.43. The third-order valence-electron chi connectivity index (χ3n) is 6.43. The van der Waals surface area contributed by atoms with Crippen LogP contribution in [0.15, 0.2) is 66.1 Å². The topological polar surface area (TPSA) is 118 Å². The molecule has 40 heavy (non-hydrogen) atoms. The number of aromatic amines is 1. The Bertz CT molecular complexity index is 1690. The number of H-pyrrole nitrogens is 1. The van der Waals surface area contributed by atoms with Crippen molar-refractivity contribution in [3.8, 4) is 5.75 Å². The van der Waals surface area contributed by atoms with Gasteiger partial charge in [-0.15, -0.1) is 0 Å². The molecule has 2 aromatic heterocycles. The highest BCUT2D eigenvalue weighted by molar-refractivity contribution is 5.97. The van der Waals surface area contributed by atoms with E-state index in [0.717, 1.165) is 23.4 Å². The minimum Gasteiger partial charge on any atom is -0.459 e. The van der Waals surface area contributed by atoms with Gasteiger partial charge in [-0.05, 0) is 55.3 Å². The predicted molar refractivity (Wildman–Crippen MR) is 137 cm³/mol. The highest BCUT2D eigenvalue weighted by Gasteiger charge is 2.39. The van der Waals surface area contributed by atoms with Gasteiger partial charge in [0.15, 0.2) is 11.6 Å². The molecule has 1 aliphatic carbocycles. The van der Waals surface area contributed by atoms with Gasteiger partial charge in [-0.3, -0.25) is 4.79 Å². The second-order valence-electron chi connectivity index (χ2n) is 9.17. The molecule has 0 bridgehead atoms. The number of aromatic nitrogens is 3. The lowest BCUT2D eigenvalue weighted by Gasteiger charge is -2.20. The molecule has 1 amide bonds. The minimum atomic E-state index is -5.19. The summed E-state index contributed by atoms with van der Waals surface area (Å²) in [5.41, 5.74) is 7.75. The summed E-state index contributed by atoms with van der Waals surface area (Å²) in [6.07, 6.45) is -2.49. The highest BCUT2D eigenvalue weighted by atomic mass is 19.4. The molecule has 0 fully saturated rings. The van der Waals surface area contributed by atoms with Crippen LogP contribution in [0.25, 0.3) is 16.6 Å². The first-order valence-corrected chi connectivity index (χ1v) is 12.0. The summed E-state index contributed by atoms with van der Waals surface area (Å²) in [6.45, 7) is 1.82. The van der Waals surface area contributed by atoms with Gasteiger partial charge in [0.25, 0.3) is 0 Å². The van der Waals surface area contributed by atoms with Gasteiger partial charge in [0.2, 0.25) is 0 Å². The zero-order valence-corrected chi connectivity index (χ0v) is 20.8. The summed E-state index contributed by atoms with van der Waals surface area (Å²) >= 11 is 0. The van der Waals surface area contributed by atoms with Crippen LogP contribution in [0.5, 0.6) is 5.75 Å². The van der Waals surface area contributed by atoms with Crippen molar-refractivity contribution < 1.29 is 36.6 Å². The number of rotatable bonds is 6. The van der Waals surface area contributed by atoms with Gasteiger partial charge in [0.05, 0.1) is 11.9 Å². The van der Waals surface area contributed by atoms with Gasteiger partial charge in [0, 0.05) is 34.3 Å². The monoisotopic (exact) mass is 559 g/mol. The number of aliphatic hydroxyl groups excluding tert-OH is 1. The smallest absolute Gasteiger partial charge is 0.459 e. The van der Waals surface area contributed by atoms with E-state index in [9.17, 15) is 31.9 Å². The first kappa shape index (κ1) is 26.9. The number of allylic oxidation sites excluding steroid dienone is 4. The molecule has 0 spiro atoms. The Morgan fingerprint density at radius 3 is 2.62 bits per heavy atom. The molecule has 8 nitrogen and oxygen atoms in total. The van der Waals surface area contributed by atoms with Crippen LogP contribution in [-0.2, 0) is 4.79 Å². The molecule has 0 saturated heterocycles. The van der Waals surface area contributed by atoms with Gasteiger partial charge in [-0.1, -0.05) is 12.1 Å². The van der Waals surface area contributed by atoms with Crippen molar-refractivity contribution in [3.63, 3.8) is 0 Å². The summed E-state index contributed by atoms with van der Waals surface area (Å²) in [6, 6.07) is 9.42. The van der Waals surface area contributed by atoms with E-state index in [-0.39, 0.29) is 33.7 Å². The maximum absolute atomic E-state index is 14.4. The standard InChI is InChI=1S/C27H22F5N5O3/c1-13-8-15(40-23-5-3-2-4-17(23)28)6-7-22(13)37-25(33)16(12-34-37)24(38)21-10-14-9-18(29)20(11-19(14)35-21)36-26(39)27(30,31)32/h2-5,8-12,24,35,38H,6-7,33H2,1H3,(H,36,39)/t24-/m0/s1. The van der Waals surface area contributed by atoms with Crippen molar-refractivity contribution in [2.45, 2.75) is 32.0 Å². The maximum atomic E-state index is 14.4. The number of nitrogens with two attached hydrogens (primary N) is 1. The summed E-state index contributed by atoms with van der Waals surface area (Å²) in [5.74, 6) is -3.06. The number of amides is 1. The lowest BCUT2D eigenvalue weighted by Crippen LogP contribution is -2.30. The number of nitrogen functional groups attached to an aromatic ring is 1. The van der Waals surface area contributed by atoms with Gasteiger partial charge < -0.3 is 25.9 Å². The van der Waals surface area contributed by atoms with Crippen LogP contribution in [-0.4, -0.2) is 32.0 Å². The molecule has 1 aliphatic rings. The molecule has 0 unspecified atom stereocenters. The minimum absolute atomic E-state index is 0.113. The quantitative estimate of drug-likeness (QED) is 0.223. The number of carbonyl (C=O) groups is 1. The Kier molecular flexibility index (Phi) is 6.84. The van der Waals surface area contributed by atoms with E-state index >= 15 is 0 Å². The summed E-state index contributed by atoms with van der Waals surface area (Å²) in [5, 5.41) is 17.1. The third kappa shape index (κ3) is 5.15. The molecule has 5 N–H and O–H groups in total. The Morgan fingerprint density at radius 2 is 1.93 bits per heavy atom. The average Bonchev–Trinajstić information content (AvgIpc) is 3.48. The van der Waals surface area contributed by atoms with E-state index in [2.05, 4.69) is 10.1 Å². The lowest BCUT2D eigenvalue weighted by atomic mass is 10.0. The van der Waals surface area contributed by atoms with Crippen LogP contribution >= 0.6 is 0 Å². The maximum Gasteiger partial charge on any atom is 0.471 e. The molecule has 2 aromatic carbocycles. The van der Waals surface area contributed by atoms with Crippen LogP contribution in [0, 0.1) is 11.6 Å². The van der Waals surface area contributed by atoms with Crippen LogP contribution in [0.3, 0.4) is 0 Å². The first-order chi connectivity index (χ1) is 18.9. The number of hydrogen-bond acceptors (Lipinski definition) is 5. The Morgan fingerprint density at radius 1 is 1.18 bits per heavy atom. The van der Waals surface area contributed by atoms with Gasteiger partial charge >= 0.3 is 12.1 Å². The number of nitrogens with zero attached hydrogens (tertiary/aromatic N) is 2. The summed E-state index contributed by atoms with van der Waals surface area (Å²) < 4.78 is 73.2. The van der Waals surface area contributed by atoms with Crippen molar-refractivity contribution in [2.75, 3.05) is 11.1 Å². The number of nitrogens with one attached hydrogen (secondary N) is 2. The van der Waals surface area contributed by atoms with Crippen molar-refractivity contribution in [1.82, 2.24) is 14.8 Å². The Labute approximate surface area is 223 Å². The first-order valence-electron chi connectivity index (χ1n) is 12.0. The van der Waals surface area contributed by atoms with Gasteiger partial charge in [-0.25, -0.2) is 13.5 Å². The number of benzene rings is 2. The van der Waals surface area contributed by atoms with Crippen molar-refractivity contribution >= 4 is 34.0 Å².